The molecule has 1 N–H and O–H groups in total. The molecule has 0 aromatic heterocycles. The number of hydrogen-bond donors (Lipinski definition) is 1. The summed E-state index contributed by atoms with van der Waals surface area (Å²) in [5, 5.41) is 3.68. The fourth-order valence-corrected chi connectivity index (χ4v) is 1.87. The van der Waals surface area contributed by atoms with Crippen LogP contribution in [0.5, 0.6) is 5.75 Å². The molecule has 0 aliphatic heterocycles. The minimum atomic E-state index is -0.428. The Morgan fingerprint density at radius 1 is 1.29 bits per heavy atom. The fraction of sp³-hybridized carbons (Fsp3) is 0.0667. The lowest BCUT2D eigenvalue weighted by atomic mass is 10.2. The molecule has 108 valence electrons. The molecule has 0 radical (unpaired) electrons. The minimum Gasteiger partial charge on any atom is -0.484 e. The molecule has 4 nitrogen and oxygen atoms in total. The van der Waals surface area contributed by atoms with E-state index in [4.69, 9.17) is 4.74 Å². The van der Waals surface area contributed by atoms with Gasteiger partial charge in [0.05, 0.1) is 6.21 Å². The Morgan fingerprint density at radius 2 is 2.10 bits per heavy atom. The smallest absolute Gasteiger partial charge is 0.277 e. The third-order valence-corrected chi connectivity index (χ3v) is 2.96. The van der Waals surface area contributed by atoms with Crippen LogP contribution < -0.4 is 10.2 Å². The van der Waals surface area contributed by atoms with Crippen LogP contribution in [0.15, 0.2) is 58.1 Å². The molecule has 0 atom stereocenters. The molecule has 2 aromatic carbocycles. The molecule has 0 heterocycles. The van der Waals surface area contributed by atoms with Crippen molar-refractivity contribution in [2.75, 3.05) is 6.61 Å². The van der Waals surface area contributed by atoms with Crippen molar-refractivity contribution in [3.8, 4) is 5.75 Å². The number of amides is 1. The van der Waals surface area contributed by atoms with Gasteiger partial charge in [-0.1, -0.05) is 40.2 Å². The van der Waals surface area contributed by atoms with Gasteiger partial charge in [0.2, 0.25) is 0 Å². The van der Waals surface area contributed by atoms with Gasteiger partial charge in [0.15, 0.2) is 6.61 Å². The maximum absolute atomic E-state index is 13.3. The van der Waals surface area contributed by atoms with Crippen molar-refractivity contribution in [3.63, 3.8) is 0 Å². The molecular formula is C15H12BrFN2O2. The lowest BCUT2D eigenvalue weighted by Crippen LogP contribution is -2.24. The lowest BCUT2D eigenvalue weighted by molar-refractivity contribution is -0.123. The van der Waals surface area contributed by atoms with Crippen molar-refractivity contribution >= 4 is 28.1 Å². The average molecular weight is 351 g/mol. The maximum atomic E-state index is 13.3. The van der Waals surface area contributed by atoms with E-state index in [0.29, 0.717) is 11.3 Å². The van der Waals surface area contributed by atoms with E-state index in [-0.39, 0.29) is 6.61 Å². The third-order valence-electron chi connectivity index (χ3n) is 2.46. The van der Waals surface area contributed by atoms with Gasteiger partial charge in [-0.05, 0) is 24.3 Å². The highest BCUT2D eigenvalue weighted by molar-refractivity contribution is 9.10. The first-order valence-corrected chi connectivity index (χ1v) is 6.89. The predicted octanol–water partition coefficient (Wildman–Crippen LogP) is 3.12. The topological polar surface area (TPSA) is 50.7 Å². The van der Waals surface area contributed by atoms with E-state index in [2.05, 4.69) is 26.5 Å². The second kappa shape index (κ2) is 7.54. The van der Waals surface area contributed by atoms with Gasteiger partial charge in [0, 0.05) is 10.0 Å². The van der Waals surface area contributed by atoms with Crippen molar-refractivity contribution in [2.24, 2.45) is 5.10 Å². The standard InChI is InChI=1S/C15H12BrFN2O2/c16-12-5-3-6-13(8-12)21-10-15(20)19-18-9-11-4-1-2-7-14(11)17/h1-9H,10H2,(H,19,20). The van der Waals surface area contributed by atoms with Crippen LogP contribution in [0.2, 0.25) is 0 Å². The van der Waals surface area contributed by atoms with Crippen LogP contribution in [-0.4, -0.2) is 18.7 Å². The highest BCUT2D eigenvalue weighted by Crippen LogP contribution is 2.17. The molecule has 21 heavy (non-hydrogen) atoms. The summed E-state index contributed by atoms with van der Waals surface area (Å²) in [6, 6.07) is 13.3. The zero-order valence-corrected chi connectivity index (χ0v) is 12.5. The number of nitrogens with one attached hydrogen (secondary N) is 1. The van der Waals surface area contributed by atoms with Crippen molar-refractivity contribution in [3.05, 3.63) is 64.4 Å². The van der Waals surface area contributed by atoms with Gasteiger partial charge in [-0.15, -0.1) is 0 Å². The second-order valence-electron chi connectivity index (χ2n) is 4.06. The van der Waals surface area contributed by atoms with E-state index in [9.17, 15) is 9.18 Å². The predicted molar refractivity (Wildman–Crippen MR) is 81.8 cm³/mol. The lowest BCUT2D eigenvalue weighted by Gasteiger charge is -2.05. The van der Waals surface area contributed by atoms with Crippen LogP contribution in [0.1, 0.15) is 5.56 Å². The summed E-state index contributed by atoms with van der Waals surface area (Å²) in [6.07, 6.45) is 1.24. The van der Waals surface area contributed by atoms with Gasteiger partial charge >= 0.3 is 0 Å². The van der Waals surface area contributed by atoms with Gasteiger partial charge in [0.25, 0.3) is 5.91 Å². The Bertz CT molecular complexity index is 662. The van der Waals surface area contributed by atoms with Crippen LogP contribution in [0.4, 0.5) is 4.39 Å². The number of hydrazone groups is 1. The SMILES string of the molecule is O=C(COc1cccc(Br)c1)NN=Cc1ccccc1F. The monoisotopic (exact) mass is 350 g/mol. The average Bonchev–Trinajstić information content (AvgIpc) is 2.47. The summed E-state index contributed by atoms with van der Waals surface area (Å²) in [5.74, 6) is -0.263. The summed E-state index contributed by atoms with van der Waals surface area (Å²) < 4.78 is 19.4. The molecule has 0 aliphatic carbocycles. The summed E-state index contributed by atoms with van der Waals surface area (Å²) in [6.45, 7) is -0.176. The molecule has 0 aliphatic rings. The van der Waals surface area contributed by atoms with E-state index >= 15 is 0 Å². The summed E-state index contributed by atoms with van der Waals surface area (Å²) in [5.41, 5.74) is 2.57. The van der Waals surface area contributed by atoms with E-state index < -0.39 is 11.7 Å². The van der Waals surface area contributed by atoms with Crippen molar-refractivity contribution < 1.29 is 13.9 Å². The molecule has 1 amide bonds. The number of halogens is 2. The number of rotatable bonds is 5. The maximum Gasteiger partial charge on any atom is 0.277 e. The molecular weight excluding hydrogens is 339 g/mol. The fourth-order valence-electron chi connectivity index (χ4n) is 1.49. The summed E-state index contributed by atoms with van der Waals surface area (Å²) in [4.78, 5) is 11.5. The molecule has 2 rings (SSSR count). The van der Waals surface area contributed by atoms with Crippen molar-refractivity contribution in [1.29, 1.82) is 0 Å². The molecule has 0 unspecified atom stereocenters. The van der Waals surface area contributed by atoms with Gasteiger partial charge in [-0.3, -0.25) is 4.79 Å². The van der Waals surface area contributed by atoms with Crippen molar-refractivity contribution in [1.82, 2.24) is 5.43 Å². The first-order valence-electron chi connectivity index (χ1n) is 6.10. The number of carbonyl (C=O) groups excluding carboxylic acids is 1. The Balaban J connectivity index is 1.81. The van der Waals surface area contributed by atoms with Gasteiger partial charge in [-0.25, -0.2) is 9.82 Å². The zero-order valence-electron chi connectivity index (χ0n) is 10.9. The first-order chi connectivity index (χ1) is 10.1. The molecule has 0 saturated heterocycles. The molecule has 0 saturated carbocycles. The van der Waals surface area contributed by atoms with Gasteiger partial charge in [0.1, 0.15) is 11.6 Å². The Hall–Kier alpha value is -2.21. The van der Waals surface area contributed by atoms with E-state index in [1.807, 2.05) is 6.07 Å². The molecule has 0 bridgehead atoms. The van der Waals surface area contributed by atoms with Crippen LogP contribution >= 0.6 is 15.9 Å². The van der Waals surface area contributed by atoms with E-state index in [1.54, 1.807) is 36.4 Å². The number of hydrogen-bond acceptors (Lipinski definition) is 3. The Morgan fingerprint density at radius 3 is 2.86 bits per heavy atom. The van der Waals surface area contributed by atoms with Crippen LogP contribution in [-0.2, 0) is 4.79 Å². The van der Waals surface area contributed by atoms with Gasteiger partial charge in [-0.2, -0.15) is 5.10 Å². The van der Waals surface area contributed by atoms with Crippen molar-refractivity contribution in [2.45, 2.75) is 0 Å². The number of benzene rings is 2. The highest BCUT2D eigenvalue weighted by atomic mass is 79.9. The Kier molecular flexibility index (Phi) is 5.45. The summed E-state index contributed by atoms with van der Waals surface area (Å²) in [7, 11) is 0. The van der Waals surface area contributed by atoms with Crippen LogP contribution in [0.25, 0.3) is 0 Å². The van der Waals surface area contributed by atoms with Crippen LogP contribution in [0, 0.1) is 5.82 Å². The van der Waals surface area contributed by atoms with Crippen LogP contribution in [0.3, 0.4) is 0 Å². The van der Waals surface area contributed by atoms with E-state index in [0.717, 1.165) is 4.47 Å². The minimum absolute atomic E-state index is 0.176. The third kappa shape index (κ3) is 5.00. The quantitative estimate of drug-likeness (QED) is 0.665. The molecule has 0 spiro atoms. The molecule has 2 aromatic rings. The summed E-state index contributed by atoms with van der Waals surface area (Å²) >= 11 is 3.30. The number of nitrogens with zero attached hydrogens (tertiary/aromatic N) is 1. The zero-order chi connectivity index (χ0) is 15.1. The number of ether oxygens (including phenoxy) is 1. The first kappa shape index (κ1) is 15.2. The van der Waals surface area contributed by atoms with E-state index in [1.165, 1.54) is 12.3 Å². The van der Waals surface area contributed by atoms with Gasteiger partial charge < -0.3 is 4.74 Å². The largest absolute Gasteiger partial charge is 0.484 e. The molecule has 6 heteroatoms. The molecule has 0 fully saturated rings. The Labute approximate surface area is 129 Å². The number of carbonyl (C=O) groups is 1. The normalized spacial score (nSPS) is 10.6. The highest BCUT2D eigenvalue weighted by Gasteiger charge is 2.02. The second-order valence-corrected chi connectivity index (χ2v) is 4.98.